The second kappa shape index (κ2) is 5.60. The second-order valence-electron chi connectivity index (χ2n) is 5.60. The van der Waals surface area contributed by atoms with Gasteiger partial charge in [-0.3, -0.25) is 9.59 Å². The van der Waals surface area contributed by atoms with Crippen LogP contribution in [0.2, 0.25) is 0 Å². The van der Waals surface area contributed by atoms with E-state index in [0.29, 0.717) is 11.1 Å². The van der Waals surface area contributed by atoms with E-state index in [1.54, 1.807) is 0 Å². The van der Waals surface area contributed by atoms with Gasteiger partial charge >= 0.3 is 0 Å². The minimum absolute atomic E-state index is 0.0911. The Balaban J connectivity index is 2.21. The third-order valence-corrected chi connectivity index (χ3v) is 5.19. The molecule has 0 spiro atoms. The summed E-state index contributed by atoms with van der Waals surface area (Å²) in [6, 6.07) is 0. The molecule has 0 bridgehead atoms. The third-order valence-electron chi connectivity index (χ3n) is 3.89. The molecule has 2 amide bonds. The minimum Gasteiger partial charge on any atom is -0.304 e. The molecule has 6 heteroatoms. The third kappa shape index (κ3) is 2.90. The van der Waals surface area contributed by atoms with Crippen LogP contribution in [-0.4, -0.2) is 26.9 Å². The number of amidine groups is 1. The van der Waals surface area contributed by atoms with Crippen LogP contribution >= 0.6 is 11.8 Å². The molecule has 1 N–H and O–H groups in total. The van der Waals surface area contributed by atoms with E-state index in [1.807, 2.05) is 6.92 Å². The van der Waals surface area contributed by atoms with Crippen molar-refractivity contribution in [3.05, 3.63) is 11.6 Å². The van der Waals surface area contributed by atoms with Gasteiger partial charge in [0.05, 0.1) is 0 Å². The van der Waals surface area contributed by atoms with Gasteiger partial charge in [-0.2, -0.15) is 0 Å². The van der Waals surface area contributed by atoms with Crippen LogP contribution in [0.5, 0.6) is 0 Å². The summed E-state index contributed by atoms with van der Waals surface area (Å²) in [6.07, 6.45) is 5.29. The zero-order chi connectivity index (χ0) is 14.9. The molecular formula is C14H21N3O2S. The molecule has 0 aromatic heterocycles. The maximum absolute atomic E-state index is 11.9. The normalized spacial score (nSPS) is 29.8. The molecule has 1 aliphatic heterocycles. The number of rotatable bonds is 1. The molecule has 0 radical (unpaired) electrons. The fourth-order valence-corrected chi connectivity index (χ4v) is 4.09. The predicted molar refractivity (Wildman–Crippen MR) is 80.9 cm³/mol. The van der Waals surface area contributed by atoms with Gasteiger partial charge in [0, 0.05) is 13.8 Å². The van der Waals surface area contributed by atoms with E-state index in [-0.39, 0.29) is 11.8 Å². The van der Waals surface area contributed by atoms with Crippen molar-refractivity contribution in [2.24, 2.45) is 11.0 Å². The highest BCUT2D eigenvalue weighted by Gasteiger charge is 2.47. The maximum atomic E-state index is 11.9. The standard InChI is InChI=1S/C14H21N3O2S/c1-9-5-7-12(8-6-9)14(4)17(11(3)19)16-13(20-14)15-10(2)18/h5,12H,6-8H2,1-4H3,(H,15,16,18). The molecule has 2 rings (SSSR count). The topological polar surface area (TPSA) is 61.8 Å². The summed E-state index contributed by atoms with van der Waals surface area (Å²) in [4.78, 5) is 22.6. The van der Waals surface area contributed by atoms with Gasteiger partial charge in [-0.15, -0.1) is 5.10 Å². The molecule has 5 nitrogen and oxygen atoms in total. The van der Waals surface area contributed by atoms with Crippen molar-refractivity contribution in [1.82, 2.24) is 10.3 Å². The SMILES string of the molecule is CC(=O)NC1=NN(C(C)=O)C(C)(C2CC=C(C)CC2)S1. The van der Waals surface area contributed by atoms with Gasteiger partial charge in [0.25, 0.3) is 0 Å². The lowest BCUT2D eigenvalue weighted by Crippen LogP contribution is -2.46. The lowest BCUT2D eigenvalue weighted by Gasteiger charge is -2.39. The number of carbonyl (C=O) groups is 2. The van der Waals surface area contributed by atoms with E-state index >= 15 is 0 Å². The van der Waals surface area contributed by atoms with Gasteiger partial charge in [0.1, 0.15) is 4.87 Å². The van der Waals surface area contributed by atoms with E-state index in [9.17, 15) is 9.59 Å². The van der Waals surface area contributed by atoms with Crippen LogP contribution < -0.4 is 5.32 Å². The second-order valence-corrected chi connectivity index (χ2v) is 7.01. The van der Waals surface area contributed by atoms with Gasteiger partial charge in [0.2, 0.25) is 11.8 Å². The van der Waals surface area contributed by atoms with Crippen molar-refractivity contribution in [1.29, 1.82) is 0 Å². The Morgan fingerprint density at radius 2 is 2.20 bits per heavy atom. The molecule has 20 heavy (non-hydrogen) atoms. The van der Waals surface area contributed by atoms with Crippen molar-refractivity contribution in [2.45, 2.75) is 51.8 Å². The molecule has 0 aromatic carbocycles. The Morgan fingerprint density at radius 1 is 1.50 bits per heavy atom. The zero-order valence-corrected chi connectivity index (χ0v) is 13.2. The fourth-order valence-electron chi connectivity index (χ4n) is 2.74. The molecule has 0 saturated heterocycles. The Hall–Kier alpha value is -1.30. The Bertz CT molecular complexity index is 501. The van der Waals surface area contributed by atoms with Crippen LogP contribution in [-0.2, 0) is 9.59 Å². The molecule has 0 saturated carbocycles. The number of allylic oxidation sites excluding steroid dienone is 2. The largest absolute Gasteiger partial charge is 0.304 e. The van der Waals surface area contributed by atoms with Gasteiger partial charge in [0.15, 0.2) is 5.17 Å². The van der Waals surface area contributed by atoms with Gasteiger partial charge in [-0.1, -0.05) is 23.4 Å². The van der Waals surface area contributed by atoms with E-state index < -0.39 is 4.87 Å². The van der Waals surface area contributed by atoms with Crippen LogP contribution in [0.4, 0.5) is 0 Å². The molecule has 2 atom stereocenters. The summed E-state index contributed by atoms with van der Waals surface area (Å²) in [5.41, 5.74) is 1.41. The summed E-state index contributed by atoms with van der Waals surface area (Å²) in [5, 5.41) is 9.03. The molecule has 2 aliphatic rings. The quantitative estimate of drug-likeness (QED) is 0.756. The molecule has 110 valence electrons. The lowest BCUT2D eigenvalue weighted by molar-refractivity contribution is -0.133. The molecule has 0 fully saturated rings. The first-order valence-corrected chi connectivity index (χ1v) is 7.66. The highest BCUT2D eigenvalue weighted by atomic mass is 32.2. The Labute approximate surface area is 123 Å². The summed E-state index contributed by atoms with van der Waals surface area (Å²) in [7, 11) is 0. The van der Waals surface area contributed by atoms with Crippen molar-refractivity contribution >= 4 is 28.7 Å². The summed E-state index contributed by atoms with van der Waals surface area (Å²) < 4.78 is 0. The van der Waals surface area contributed by atoms with Crippen LogP contribution in [0.15, 0.2) is 16.8 Å². The van der Waals surface area contributed by atoms with E-state index in [4.69, 9.17) is 0 Å². The molecule has 1 aliphatic carbocycles. The number of hydrogen-bond acceptors (Lipinski definition) is 4. The van der Waals surface area contributed by atoms with Crippen molar-refractivity contribution < 1.29 is 9.59 Å². The molecule has 0 aromatic rings. The first kappa shape index (κ1) is 15.1. The maximum Gasteiger partial charge on any atom is 0.240 e. The number of nitrogens with zero attached hydrogens (tertiary/aromatic N) is 2. The Morgan fingerprint density at radius 3 is 2.70 bits per heavy atom. The highest BCUT2D eigenvalue weighted by Crippen LogP contribution is 2.47. The van der Waals surface area contributed by atoms with Crippen LogP contribution in [0.3, 0.4) is 0 Å². The van der Waals surface area contributed by atoms with Crippen molar-refractivity contribution in [2.75, 3.05) is 0 Å². The summed E-state index contributed by atoms with van der Waals surface area (Å²) >= 11 is 1.48. The highest BCUT2D eigenvalue weighted by molar-refractivity contribution is 8.15. The number of amides is 2. The number of hydrazone groups is 1. The van der Waals surface area contributed by atoms with Crippen LogP contribution in [0.25, 0.3) is 0 Å². The van der Waals surface area contributed by atoms with E-state index in [1.165, 1.54) is 36.2 Å². The van der Waals surface area contributed by atoms with Crippen molar-refractivity contribution in [3.8, 4) is 0 Å². The number of nitrogens with one attached hydrogen (secondary N) is 1. The first-order chi connectivity index (χ1) is 9.33. The summed E-state index contributed by atoms with van der Waals surface area (Å²) in [5.74, 6) is 0.0881. The lowest BCUT2D eigenvalue weighted by atomic mass is 9.85. The minimum atomic E-state index is -0.416. The molecule has 1 heterocycles. The average Bonchev–Trinajstić information content (AvgIpc) is 2.67. The fraction of sp³-hybridized carbons (Fsp3) is 0.643. The van der Waals surface area contributed by atoms with E-state index in [2.05, 4.69) is 23.4 Å². The summed E-state index contributed by atoms with van der Waals surface area (Å²) in [6.45, 7) is 7.14. The Kier molecular flexibility index (Phi) is 4.22. The smallest absolute Gasteiger partial charge is 0.240 e. The molecule has 2 unspecified atom stereocenters. The molecular weight excluding hydrogens is 274 g/mol. The number of hydrogen-bond donors (Lipinski definition) is 1. The van der Waals surface area contributed by atoms with Gasteiger partial charge in [-0.25, -0.2) is 5.01 Å². The van der Waals surface area contributed by atoms with Crippen LogP contribution in [0.1, 0.15) is 47.0 Å². The average molecular weight is 295 g/mol. The van der Waals surface area contributed by atoms with Gasteiger partial charge in [-0.05, 0) is 39.0 Å². The van der Waals surface area contributed by atoms with Gasteiger partial charge < -0.3 is 5.32 Å². The predicted octanol–water partition coefficient (Wildman–Crippen LogP) is 2.45. The zero-order valence-electron chi connectivity index (χ0n) is 12.4. The monoisotopic (exact) mass is 295 g/mol. The number of thioether (sulfide) groups is 1. The van der Waals surface area contributed by atoms with Crippen LogP contribution in [0, 0.1) is 5.92 Å². The first-order valence-electron chi connectivity index (χ1n) is 6.84. The van der Waals surface area contributed by atoms with Crippen molar-refractivity contribution in [3.63, 3.8) is 0 Å². The number of carbonyl (C=O) groups excluding carboxylic acids is 2. The van der Waals surface area contributed by atoms with E-state index in [0.717, 1.165) is 19.3 Å².